The van der Waals surface area contributed by atoms with Crippen molar-refractivity contribution in [2.45, 2.75) is 0 Å². The van der Waals surface area contributed by atoms with E-state index in [9.17, 15) is 0 Å². The van der Waals surface area contributed by atoms with Crippen LogP contribution in [0.3, 0.4) is 0 Å². The van der Waals surface area contributed by atoms with Crippen LogP contribution in [0.1, 0.15) is 0 Å². The highest BCUT2D eigenvalue weighted by atomic mass is 16.3. The van der Waals surface area contributed by atoms with Crippen molar-refractivity contribution in [3.63, 3.8) is 0 Å². The van der Waals surface area contributed by atoms with E-state index in [-0.39, 0.29) is 0 Å². The largest absolute Gasteiger partial charge is 0.438 e. The monoisotopic (exact) mass is 805 g/mol. The standard InChI is InChI=1S/C58H35N3O2/c1-2-8-39-33-40(14-13-36(39)7-1)41-21-27-47-42(34-41)15-16-43-35-46(26-28-48(43)47)61(44-22-17-37(18-23-44)53-31-29-51-49-9-3-5-11-55(49)62-57(51)59-53)45-24-19-38(20-25-45)54-32-30-52-50-10-4-6-12-56(50)63-58(52)60-54/h1-35H. The molecule has 5 nitrogen and oxygen atoms in total. The molecule has 0 saturated heterocycles. The zero-order valence-electron chi connectivity index (χ0n) is 33.9. The lowest BCUT2D eigenvalue weighted by Gasteiger charge is -2.26. The van der Waals surface area contributed by atoms with Gasteiger partial charge in [-0.15, -0.1) is 0 Å². The van der Waals surface area contributed by atoms with Crippen LogP contribution in [0.2, 0.25) is 0 Å². The molecule has 0 aliphatic carbocycles. The number of hydrogen-bond acceptors (Lipinski definition) is 5. The average Bonchev–Trinajstić information content (AvgIpc) is 3.92. The Morgan fingerprint density at radius 1 is 0.286 bits per heavy atom. The Bertz CT molecular complexity index is 3760. The Morgan fingerprint density at radius 3 is 1.32 bits per heavy atom. The molecule has 0 aliphatic rings. The Balaban J connectivity index is 0.884. The molecule has 0 fully saturated rings. The molecule has 294 valence electrons. The van der Waals surface area contributed by atoms with Gasteiger partial charge in [-0.3, -0.25) is 0 Å². The van der Waals surface area contributed by atoms with E-state index >= 15 is 0 Å². The van der Waals surface area contributed by atoms with Gasteiger partial charge in [0.25, 0.3) is 0 Å². The van der Waals surface area contributed by atoms with Crippen LogP contribution < -0.4 is 4.90 Å². The summed E-state index contributed by atoms with van der Waals surface area (Å²) in [7, 11) is 0. The highest BCUT2D eigenvalue weighted by Crippen LogP contribution is 2.40. The summed E-state index contributed by atoms with van der Waals surface area (Å²) in [5.41, 5.74) is 12.2. The van der Waals surface area contributed by atoms with E-state index in [1.807, 2.05) is 36.4 Å². The first kappa shape index (κ1) is 35.2. The van der Waals surface area contributed by atoms with E-state index in [1.165, 1.54) is 43.4 Å². The molecule has 0 bridgehead atoms. The predicted molar refractivity (Wildman–Crippen MR) is 260 cm³/mol. The zero-order chi connectivity index (χ0) is 41.4. The van der Waals surface area contributed by atoms with Gasteiger partial charge in [0.1, 0.15) is 11.2 Å². The first-order valence-electron chi connectivity index (χ1n) is 21.2. The number of hydrogen-bond donors (Lipinski definition) is 0. The van der Waals surface area contributed by atoms with Gasteiger partial charge in [0.15, 0.2) is 0 Å². The smallest absolute Gasteiger partial charge is 0.227 e. The van der Waals surface area contributed by atoms with E-state index in [0.29, 0.717) is 11.4 Å². The molecular weight excluding hydrogens is 771 g/mol. The van der Waals surface area contributed by atoms with Gasteiger partial charge in [-0.2, -0.15) is 0 Å². The van der Waals surface area contributed by atoms with Crippen molar-refractivity contribution in [3.8, 4) is 33.6 Å². The molecule has 13 aromatic rings. The summed E-state index contributed by atoms with van der Waals surface area (Å²) in [5, 5.41) is 11.5. The second-order valence-electron chi connectivity index (χ2n) is 16.2. The van der Waals surface area contributed by atoms with Crippen molar-refractivity contribution in [2.24, 2.45) is 0 Å². The van der Waals surface area contributed by atoms with Crippen LogP contribution in [0, 0.1) is 0 Å². The van der Waals surface area contributed by atoms with E-state index in [1.54, 1.807) is 0 Å². The van der Waals surface area contributed by atoms with Gasteiger partial charge in [-0.1, -0.05) is 127 Å². The van der Waals surface area contributed by atoms with Crippen molar-refractivity contribution >= 4 is 93.5 Å². The van der Waals surface area contributed by atoms with Gasteiger partial charge in [-0.25, -0.2) is 9.97 Å². The summed E-state index contributed by atoms with van der Waals surface area (Å²) in [4.78, 5) is 12.2. The normalized spacial score (nSPS) is 11.8. The van der Waals surface area contributed by atoms with Gasteiger partial charge in [-0.05, 0) is 128 Å². The molecule has 4 aromatic heterocycles. The Morgan fingerprint density at radius 2 is 0.714 bits per heavy atom. The molecule has 0 spiro atoms. The van der Waals surface area contributed by atoms with Crippen LogP contribution in [0.25, 0.3) is 110 Å². The van der Waals surface area contributed by atoms with Crippen LogP contribution in [0.4, 0.5) is 17.1 Å². The van der Waals surface area contributed by atoms with Crippen molar-refractivity contribution in [1.29, 1.82) is 0 Å². The summed E-state index contributed by atoms with van der Waals surface area (Å²) in [6.45, 7) is 0. The van der Waals surface area contributed by atoms with Crippen LogP contribution in [-0.2, 0) is 0 Å². The minimum absolute atomic E-state index is 0.641. The third-order valence-electron chi connectivity index (χ3n) is 12.5. The van der Waals surface area contributed by atoms with Gasteiger partial charge in [0, 0.05) is 49.7 Å². The van der Waals surface area contributed by atoms with E-state index < -0.39 is 0 Å². The van der Waals surface area contributed by atoms with E-state index in [4.69, 9.17) is 18.8 Å². The summed E-state index contributed by atoms with van der Waals surface area (Å²) in [6.07, 6.45) is 0. The lowest BCUT2D eigenvalue weighted by atomic mass is 9.96. The number of pyridine rings is 2. The number of fused-ring (bicyclic) bond motifs is 10. The topological polar surface area (TPSA) is 55.3 Å². The van der Waals surface area contributed by atoms with Crippen LogP contribution in [0.15, 0.2) is 221 Å². The van der Waals surface area contributed by atoms with Crippen molar-refractivity contribution in [2.75, 3.05) is 4.90 Å². The fourth-order valence-electron chi connectivity index (χ4n) is 9.29. The molecule has 0 N–H and O–H groups in total. The van der Waals surface area contributed by atoms with E-state index in [2.05, 4.69) is 181 Å². The molecule has 0 radical (unpaired) electrons. The number of rotatable bonds is 6. The van der Waals surface area contributed by atoms with Crippen LogP contribution >= 0.6 is 0 Å². The second kappa shape index (κ2) is 14.0. The molecule has 63 heavy (non-hydrogen) atoms. The number of nitrogens with zero attached hydrogens (tertiary/aromatic N) is 3. The van der Waals surface area contributed by atoms with Crippen LogP contribution in [0.5, 0.6) is 0 Å². The number of benzene rings is 9. The molecule has 0 amide bonds. The average molecular weight is 806 g/mol. The molecule has 0 unspecified atom stereocenters. The first-order chi connectivity index (χ1) is 31.2. The van der Waals surface area contributed by atoms with Gasteiger partial charge in [0.2, 0.25) is 11.4 Å². The summed E-state index contributed by atoms with van der Waals surface area (Å²) in [5.74, 6) is 0. The summed E-state index contributed by atoms with van der Waals surface area (Å²) < 4.78 is 12.3. The zero-order valence-corrected chi connectivity index (χ0v) is 33.9. The Kier molecular flexibility index (Phi) is 7.84. The Hall–Kier alpha value is -8.54. The van der Waals surface area contributed by atoms with Crippen LogP contribution in [-0.4, -0.2) is 9.97 Å². The number of anilines is 3. The molecule has 0 saturated carbocycles. The number of furan rings is 2. The lowest BCUT2D eigenvalue weighted by Crippen LogP contribution is -2.10. The maximum absolute atomic E-state index is 6.14. The molecule has 0 aliphatic heterocycles. The molecule has 13 rings (SSSR count). The SMILES string of the molecule is c1ccc2cc(-c3ccc4c(ccc5cc(N(c6ccc(-c7ccc8c(n7)oc7ccccc78)cc6)c6ccc(-c7ccc8c(n7)oc7ccccc78)cc6)ccc54)c3)ccc2c1. The quantitative estimate of drug-likeness (QED) is 0.157. The summed E-state index contributed by atoms with van der Waals surface area (Å²) >= 11 is 0. The first-order valence-corrected chi connectivity index (χ1v) is 21.2. The maximum Gasteiger partial charge on any atom is 0.227 e. The van der Waals surface area contributed by atoms with Gasteiger partial charge in [0.05, 0.1) is 11.4 Å². The number of aromatic nitrogens is 2. The van der Waals surface area contributed by atoms with E-state index in [0.717, 1.165) is 72.3 Å². The van der Waals surface area contributed by atoms with Crippen molar-refractivity contribution in [1.82, 2.24) is 9.97 Å². The third kappa shape index (κ3) is 5.93. The minimum Gasteiger partial charge on any atom is -0.438 e. The molecule has 5 heteroatoms. The maximum atomic E-state index is 6.14. The lowest BCUT2D eigenvalue weighted by molar-refractivity contribution is 0.654. The fourth-order valence-corrected chi connectivity index (χ4v) is 9.29. The predicted octanol–water partition coefficient (Wildman–Crippen LogP) is 16.2. The summed E-state index contributed by atoms with van der Waals surface area (Å²) in [6, 6.07) is 75.1. The highest BCUT2D eigenvalue weighted by Gasteiger charge is 2.17. The fraction of sp³-hybridized carbons (Fsp3) is 0. The Labute approximate surface area is 361 Å². The number of para-hydroxylation sites is 2. The highest BCUT2D eigenvalue weighted by molar-refractivity contribution is 6.10. The van der Waals surface area contributed by atoms with Crippen molar-refractivity contribution in [3.05, 3.63) is 212 Å². The molecule has 9 aromatic carbocycles. The molecule has 0 atom stereocenters. The molecular formula is C58H35N3O2. The van der Waals surface area contributed by atoms with Gasteiger partial charge >= 0.3 is 0 Å². The molecule has 4 heterocycles. The van der Waals surface area contributed by atoms with Crippen molar-refractivity contribution < 1.29 is 8.83 Å². The minimum atomic E-state index is 0.641. The third-order valence-corrected chi connectivity index (χ3v) is 12.5. The second-order valence-corrected chi connectivity index (χ2v) is 16.2. The van der Waals surface area contributed by atoms with Gasteiger partial charge < -0.3 is 13.7 Å².